The summed E-state index contributed by atoms with van der Waals surface area (Å²) in [6, 6.07) is 19.0. The molecule has 0 aliphatic carbocycles. The predicted molar refractivity (Wildman–Crippen MR) is 110 cm³/mol. The molecule has 0 saturated heterocycles. The Hall–Kier alpha value is -3.11. The van der Waals surface area contributed by atoms with E-state index in [0.717, 1.165) is 17.5 Å². The van der Waals surface area contributed by atoms with Crippen LogP contribution >= 0.6 is 11.8 Å². The van der Waals surface area contributed by atoms with Gasteiger partial charge in [-0.2, -0.15) is 5.26 Å². The lowest BCUT2D eigenvalue weighted by molar-refractivity contribution is -0.115. The first kappa shape index (κ1) is 19.6. The first-order valence-corrected chi connectivity index (χ1v) is 9.92. The minimum Gasteiger partial charge on any atom is -0.325 e. The molecule has 0 unspecified atom stereocenters. The van der Waals surface area contributed by atoms with Gasteiger partial charge >= 0.3 is 0 Å². The molecule has 28 heavy (non-hydrogen) atoms. The Balaban J connectivity index is 1.66. The fourth-order valence-corrected chi connectivity index (χ4v) is 3.65. The smallest absolute Gasteiger partial charge is 0.237 e. The van der Waals surface area contributed by atoms with E-state index in [-0.39, 0.29) is 11.2 Å². The van der Waals surface area contributed by atoms with Crippen molar-refractivity contribution in [2.24, 2.45) is 0 Å². The molecular formula is C21H21N5OS. The summed E-state index contributed by atoms with van der Waals surface area (Å²) in [6.07, 6.45) is 0.702. The van der Waals surface area contributed by atoms with E-state index < -0.39 is 0 Å². The van der Waals surface area contributed by atoms with E-state index >= 15 is 0 Å². The molecule has 1 amide bonds. The molecule has 2 aromatic carbocycles. The SMILES string of the molecule is CCn1c(Cc2ccccc2)nnc1S[C@H](C)C(=O)Nc1ccc(C#N)cc1. The number of thioether (sulfide) groups is 1. The molecule has 7 heteroatoms. The van der Waals surface area contributed by atoms with Gasteiger partial charge in [0.15, 0.2) is 5.16 Å². The fourth-order valence-electron chi connectivity index (χ4n) is 2.72. The van der Waals surface area contributed by atoms with E-state index in [1.807, 2.05) is 36.6 Å². The van der Waals surface area contributed by atoms with Crippen LogP contribution in [-0.2, 0) is 17.8 Å². The van der Waals surface area contributed by atoms with Gasteiger partial charge in [0.1, 0.15) is 5.82 Å². The summed E-state index contributed by atoms with van der Waals surface area (Å²) in [6.45, 7) is 4.63. The lowest BCUT2D eigenvalue weighted by atomic mass is 10.1. The number of benzene rings is 2. The molecule has 0 aliphatic rings. The highest BCUT2D eigenvalue weighted by molar-refractivity contribution is 8.00. The highest BCUT2D eigenvalue weighted by atomic mass is 32.2. The van der Waals surface area contributed by atoms with Crippen molar-refractivity contribution in [3.63, 3.8) is 0 Å². The molecule has 142 valence electrons. The van der Waals surface area contributed by atoms with E-state index in [4.69, 9.17) is 5.26 Å². The van der Waals surface area contributed by atoms with Crippen LogP contribution in [0.2, 0.25) is 0 Å². The summed E-state index contributed by atoms with van der Waals surface area (Å²) in [5.41, 5.74) is 2.40. The van der Waals surface area contributed by atoms with Crippen molar-refractivity contribution in [1.82, 2.24) is 14.8 Å². The lowest BCUT2D eigenvalue weighted by Gasteiger charge is -2.13. The van der Waals surface area contributed by atoms with Crippen LogP contribution in [0.1, 0.15) is 30.8 Å². The van der Waals surface area contributed by atoms with Crippen LogP contribution in [0.5, 0.6) is 0 Å². The largest absolute Gasteiger partial charge is 0.325 e. The van der Waals surface area contributed by atoms with E-state index in [9.17, 15) is 4.79 Å². The molecule has 3 aromatic rings. The molecule has 1 aromatic heterocycles. The van der Waals surface area contributed by atoms with Crippen molar-refractivity contribution in [2.45, 2.75) is 37.2 Å². The summed E-state index contributed by atoms with van der Waals surface area (Å²) >= 11 is 1.39. The molecule has 3 rings (SSSR count). The van der Waals surface area contributed by atoms with Crippen LogP contribution in [0.25, 0.3) is 0 Å². The molecule has 0 fully saturated rings. The molecule has 0 bridgehead atoms. The number of anilines is 1. The molecule has 1 N–H and O–H groups in total. The van der Waals surface area contributed by atoms with Crippen LogP contribution in [0.3, 0.4) is 0 Å². The quantitative estimate of drug-likeness (QED) is 0.618. The Morgan fingerprint density at radius 2 is 1.89 bits per heavy atom. The standard InChI is InChI=1S/C21H21N5OS/c1-3-26-19(13-16-7-5-4-6-8-16)24-25-21(26)28-15(2)20(27)23-18-11-9-17(14-22)10-12-18/h4-12,15H,3,13H2,1-2H3,(H,23,27)/t15-/m1/s1. The number of hydrogen-bond acceptors (Lipinski definition) is 5. The average Bonchev–Trinajstić information content (AvgIpc) is 3.10. The number of carbonyl (C=O) groups is 1. The van der Waals surface area contributed by atoms with Crippen LogP contribution < -0.4 is 5.32 Å². The Morgan fingerprint density at radius 1 is 1.18 bits per heavy atom. The van der Waals surface area contributed by atoms with Crippen molar-refractivity contribution in [3.05, 3.63) is 71.5 Å². The first-order valence-electron chi connectivity index (χ1n) is 9.04. The van der Waals surface area contributed by atoms with Crippen molar-refractivity contribution in [3.8, 4) is 6.07 Å². The fraction of sp³-hybridized carbons (Fsp3) is 0.238. The second-order valence-corrected chi connectivity index (χ2v) is 7.55. The zero-order valence-corrected chi connectivity index (χ0v) is 16.6. The van der Waals surface area contributed by atoms with Crippen LogP contribution in [-0.4, -0.2) is 25.9 Å². The Labute approximate surface area is 168 Å². The zero-order valence-electron chi connectivity index (χ0n) is 15.8. The molecule has 0 saturated carbocycles. The number of nitriles is 1. The number of nitrogens with zero attached hydrogens (tertiary/aromatic N) is 4. The number of amides is 1. The third-order valence-electron chi connectivity index (χ3n) is 4.25. The van der Waals surface area contributed by atoms with Crippen molar-refractivity contribution in [2.75, 3.05) is 5.32 Å². The third-order valence-corrected chi connectivity index (χ3v) is 5.33. The van der Waals surface area contributed by atoms with Gasteiger partial charge in [0.2, 0.25) is 5.91 Å². The molecule has 1 atom stereocenters. The summed E-state index contributed by atoms with van der Waals surface area (Å²) in [4.78, 5) is 12.5. The van der Waals surface area contributed by atoms with Crippen molar-refractivity contribution in [1.29, 1.82) is 5.26 Å². The van der Waals surface area contributed by atoms with Crippen LogP contribution in [0.4, 0.5) is 5.69 Å². The van der Waals surface area contributed by atoms with Gasteiger partial charge in [-0.25, -0.2) is 0 Å². The summed E-state index contributed by atoms with van der Waals surface area (Å²) in [7, 11) is 0. The molecule has 0 aliphatic heterocycles. The predicted octanol–water partition coefficient (Wildman–Crippen LogP) is 3.88. The monoisotopic (exact) mass is 391 g/mol. The number of carbonyl (C=O) groups excluding carboxylic acids is 1. The molecular weight excluding hydrogens is 370 g/mol. The van der Waals surface area contributed by atoms with Gasteiger partial charge in [-0.05, 0) is 43.7 Å². The molecule has 1 heterocycles. The summed E-state index contributed by atoms with van der Waals surface area (Å²) in [5.74, 6) is 0.765. The van der Waals surface area contributed by atoms with Gasteiger partial charge in [-0.3, -0.25) is 4.79 Å². The van der Waals surface area contributed by atoms with E-state index in [2.05, 4.69) is 33.7 Å². The van der Waals surface area contributed by atoms with E-state index in [0.29, 0.717) is 17.7 Å². The maximum absolute atomic E-state index is 12.5. The minimum absolute atomic E-state index is 0.120. The highest BCUT2D eigenvalue weighted by Gasteiger charge is 2.20. The van der Waals surface area contributed by atoms with E-state index in [1.165, 1.54) is 17.3 Å². The number of hydrogen-bond donors (Lipinski definition) is 1. The first-order chi connectivity index (χ1) is 13.6. The second kappa shape index (κ2) is 9.20. The molecule has 6 nitrogen and oxygen atoms in total. The molecule has 0 spiro atoms. The number of nitrogens with one attached hydrogen (secondary N) is 1. The van der Waals surface area contributed by atoms with Gasteiger partial charge in [0, 0.05) is 18.7 Å². The summed E-state index contributed by atoms with van der Waals surface area (Å²) < 4.78 is 2.04. The maximum atomic E-state index is 12.5. The highest BCUT2D eigenvalue weighted by Crippen LogP contribution is 2.24. The average molecular weight is 392 g/mol. The van der Waals surface area contributed by atoms with Gasteiger partial charge in [-0.1, -0.05) is 42.1 Å². The topological polar surface area (TPSA) is 83.6 Å². The lowest BCUT2D eigenvalue weighted by Crippen LogP contribution is -2.23. The Bertz CT molecular complexity index is 976. The molecule has 0 radical (unpaired) electrons. The van der Waals surface area contributed by atoms with Gasteiger partial charge in [-0.15, -0.1) is 10.2 Å². The third kappa shape index (κ3) is 4.78. The van der Waals surface area contributed by atoms with Crippen molar-refractivity contribution < 1.29 is 4.79 Å². The normalized spacial score (nSPS) is 11.6. The van der Waals surface area contributed by atoms with Crippen LogP contribution in [0, 0.1) is 11.3 Å². The van der Waals surface area contributed by atoms with Crippen LogP contribution in [0.15, 0.2) is 59.8 Å². The van der Waals surface area contributed by atoms with Gasteiger partial charge < -0.3 is 9.88 Å². The number of rotatable bonds is 7. The Morgan fingerprint density at radius 3 is 2.54 bits per heavy atom. The number of aromatic nitrogens is 3. The van der Waals surface area contributed by atoms with Crippen molar-refractivity contribution >= 4 is 23.4 Å². The maximum Gasteiger partial charge on any atom is 0.237 e. The Kier molecular flexibility index (Phi) is 6.45. The van der Waals surface area contributed by atoms with Gasteiger partial charge in [0.05, 0.1) is 16.9 Å². The zero-order chi connectivity index (χ0) is 19.9. The van der Waals surface area contributed by atoms with Gasteiger partial charge in [0.25, 0.3) is 0 Å². The minimum atomic E-state index is -0.338. The second-order valence-electron chi connectivity index (χ2n) is 6.24. The summed E-state index contributed by atoms with van der Waals surface area (Å²) in [5, 5.41) is 20.7. The van der Waals surface area contributed by atoms with E-state index in [1.54, 1.807) is 24.3 Å².